The lowest BCUT2D eigenvalue weighted by Gasteiger charge is -2.18. The lowest BCUT2D eigenvalue weighted by Crippen LogP contribution is -2.05. The van der Waals surface area contributed by atoms with Crippen molar-refractivity contribution in [1.29, 1.82) is 0 Å². The zero-order chi connectivity index (χ0) is 15.6. The zero-order valence-electron chi connectivity index (χ0n) is 12.4. The van der Waals surface area contributed by atoms with Crippen LogP contribution in [0, 0.1) is 11.9 Å². The molecule has 112 valence electrons. The summed E-state index contributed by atoms with van der Waals surface area (Å²) >= 11 is 0. The summed E-state index contributed by atoms with van der Waals surface area (Å²) in [5.41, 5.74) is 1.34. The maximum atomic E-state index is 13.6. The van der Waals surface area contributed by atoms with Crippen LogP contribution < -0.4 is 0 Å². The monoisotopic (exact) mass is 290 g/mol. The van der Waals surface area contributed by atoms with Crippen LogP contribution in [0.25, 0.3) is 5.69 Å². The molecule has 1 heterocycles. The Bertz CT molecular complexity index is 649. The molecule has 0 aliphatic carbocycles. The Morgan fingerprint density at radius 2 is 2.00 bits per heavy atom. The number of aromatic carboxylic acids is 1. The summed E-state index contributed by atoms with van der Waals surface area (Å²) in [6.45, 7) is 6.40. The van der Waals surface area contributed by atoms with Gasteiger partial charge in [0.05, 0.1) is 5.69 Å². The fraction of sp³-hybridized carbons (Fsp3) is 0.375. The van der Waals surface area contributed by atoms with Crippen molar-refractivity contribution in [2.24, 2.45) is 5.92 Å². The fourth-order valence-electron chi connectivity index (χ4n) is 2.57. The molecule has 1 N–H and O–H groups in total. The number of carboxylic acids is 1. The van der Waals surface area contributed by atoms with Gasteiger partial charge in [0.2, 0.25) is 5.95 Å². The van der Waals surface area contributed by atoms with Gasteiger partial charge in [-0.3, -0.25) is 0 Å². The Labute approximate surface area is 123 Å². The molecule has 0 spiro atoms. The van der Waals surface area contributed by atoms with Crippen LogP contribution in [0.3, 0.4) is 0 Å². The molecule has 0 saturated heterocycles. The van der Waals surface area contributed by atoms with E-state index in [2.05, 4.69) is 25.9 Å². The van der Waals surface area contributed by atoms with Gasteiger partial charge in [0.1, 0.15) is 5.56 Å². The second kappa shape index (κ2) is 6.08. The minimum atomic E-state index is -1.31. The molecule has 2 rings (SSSR count). The predicted molar refractivity (Wildman–Crippen MR) is 78.4 cm³/mol. The first kappa shape index (κ1) is 15.2. The summed E-state index contributed by atoms with van der Waals surface area (Å²) in [5, 5.41) is 12.6. The quantitative estimate of drug-likeness (QED) is 0.909. The van der Waals surface area contributed by atoms with E-state index >= 15 is 0 Å². The molecule has 1 aromatic carbocycles. The van der Waals surface area contributed by atoms with E-state index in [-0.39, 0.29) is 5.92 Å². The van der Waals surface area contributed by atoms with Gasteiger partial charge in [-0.15, -0.1) is 5.10 Å². The smallest absolute Gasteiger partial charge is 0.342 e. The van der Waals surface area contributed by atoms with E-state index in [0.29, 0.717) is 5.92 Å². The maximum absolute atomic E-state index is 13.6. The molecule has 2 aromatic rings. The number of nitrogens with zero attached hydrogens (tertiary/aromatic N) is 2. The molecule has 21 heavy (non-hydrogen) atoms. The van der Waals surface area contributed by atoms with Gasteiger partial charge < -0.3 is 5.11 Å². The Morgan fingerprint density at radius 1 is 1.33 bits per heavy atom. The van der Waals surface area contributed by atoms with Crippen molar-refractivity contribution in [2.45, 2.75) is 33.1 Å². The van der Waals surface area contributed by atoms with E-state index in [4.69, 9.17) is 5.11 Å². The first-order valence-electron chi connectivity index (χ1n) is 6.98. The Morgan fingerprint density at radius 3 is 2.57 bits per heavy atom. The molecule has 0 saturated carbocycles. The van der Waals surface area contributed by atoms with Crippen LogP contribution in [0.5, 0.6) is 0 Å². The summed E-state index contributed by atoms with van der Waals surface area (Å²) in [6.07, 6.45) is 2.21. The van der Waals surface area contributed by atoms with Crippen LogP contribution in [-0.2, 0) is 0 Å². The summed E-state index contributed by atoms with van der Waals surface area (Å²) in [4.78, 5) is 10.9. The van der Waals surface area contributed by atoms with Gasteiger partial charge in [0, 0.05) is 6.20 Å². The van der Waals surface area contributed by atoms with Gasteiger partial charge in [0.15, 0.2) is 0 Å². The molecule has 1 atom stereocenters. The third-order valence-electron chi connectivity index (χ3n) is 3.44. The number of para-hydroxylation sites is 1. The number of hydrogen-bond donors (Lipinski definition) is 1. The first-order valence-corrected chi connectivity index (χ1v) is 6.98. The average molecular weight is 290 g/mol. The maximum Gasteiger partial charge on any atom is 0.342 e. The zero-order valence-corrected chi connectivity index (χ0v) is 12.4. The summed E-state index contributed by atoms with van der Waals surface area (Å²) in [7, 11) is 0. The van der Waals surface area contributed by atoms with Crippen molar-refractivity contribution in [3.8, 4) is 5.69 Å². The van der Waals surface area contributed by atoms with Crippen molar-refractivity contribution < 1.29 is 14.3 Å². The largest absolute Gasteiger partial charge is 0.477 e. The minimum Gasteiger partial charge on any atom is -0.477 e. The van der Waals surface area contributed by atoms with E-state index in [1.165, 1.54) is 10.9 Å². The molecule has 1 aromatic heterocycles. The molecule has 5 heteroatoms. The standard InChI is InChI=1S/C16H19FN2O2/c1-10(2)8-11(3)12-6-4-5-7-14(12)19-9-13(16(20)21)15(17)18-19/h4-7,9-11H,8H2,1-3H3,(H,20,21). The summed E-state index contributed by atoms with van der Waals surface area (Å²) in [5.74, 6) is -1.46. The van der Waals surface area contributed by atoms with Crippen molar-refractivity contribution in [2.75, 3.05) is 0 Å². The summed E-state index contributed by atoms with van der Waals surface area (Å²) in [6, 6.07) is 7.56. The molecule has 0 amide bonds. The summed E-state index contributed by atoms with van der Waals surface area (Å²) < 4.78 is 14.9. The van der Waals surface area contributed by atoms with Crippen LogP contribution >= 0.6 is 0 Å². The molecule has 0 fully saturated rings. The number of carboxylic acid groups (broad SMARTS) is 1. The molecule has 0 aliphatic rings. The fourth-order valence-corrected chi connectivity index (χ4v) is 2.57. The van der Waals surface area contributed by atoms with E-state index < -0.39 is 17.5 Å². The SMILES string of the molecule is CC(C)CC(C)c1ccccc1-n1cc(C(=O)O)c(F)n1. The number of hydrogen-bond acceptors (Lipinski definition) is 2. The van der Waals surface area contributed by atoms with E-state index in [1.54, 1.807) is 0 Å². The Hall–Kier alpha value is -2.17. The average Bonchev–Trinajstić information content (AvgIpc) is 2.80. The van der Waals surface area contributed by atoms with Gasteiger partial charge >= 0.3 is 5.97 Å². The first-order chi connectivity index (χ1) is 9.90. The van der Waals surface area contributed by atoms with Gasteiger partial charge in [-0.1, -0.05) is 39.0 Å². The second-order valence-corrected chi connectivity index (χ2v) is 5.67. The number of aromatic nitrogens is 2. The predicted octanol–water partition coefficient (Wildman–Crippen LogP) is 3.86. The van der Waals surface area contributed by atoms with Gasteiger partial charge in [-0.25, -0.2) is 9.48 Å². The van der Waals surface area contributed by atoms with Crippen LogP contribution in [-0.4, -0.2) is 20.9 Å². The molecule has 4 nitrogen and oxygen atoms in total. The topological polar surface area (TPSA) is 55.1 Å². The van der Waals surface area contributed by atoms with Gasteiger partial charge in [-0.05, 0) is 29.9 Å². The van der Waals surface area contributed by atoms with Crippen molar-refractivity contribution in [1.82, 2.24) is 9.78 Å². The molecule has 0 bridgehead atoms. The Balaban J connectivity index is 2.45. The number of benzene rings is 1. The van der Waals surface area contributed by atoms with Crippen molar-refractivity contribution >= 4 is 5.97 Å². The van der Waals surface area contributed by atoms with E-state index in [1.807, 2.05) is 24.3 Å². The minimum absolute atomic E-state index is 0.279. The molecular formula is C16H19FN2O2. The highest BCUT2D eigenvalue weighted by atomic mass is 19.1. The Kier molecular flexibility index (Phi) is 4.40. The number of halogens is 1. The van der Waals surface area contributed by atoms with E-state index in [9.17, 15) is 9.18 Å². The van der Waals surface area contributed by atoms with Crippen LogP contribution in [0.15, 0.2) is 30.5 Å². The van der Waals surface area contributed by atoms with Gasteiger partial charge in [-0.2, -0.15) is 4.39 Å². The lowest BCUT2D eigenvalue weighted by atomic mass is 9.91. The highest BCUT2D eigenvalue weighted by Gasteiger charge is 2.19. The van der Waals surface area contributed by atoms with E-state index in [0.717, 1.165) is 17.7 Å². The number of carbonyl (C=O) groups is 1. The molecule has 0 aliphatic heterocycles. The third kappa shape index (κ3) is 3.29. The number of rotatable bonds is 5. The second-order valence-electron chi connectivity index (χ2n) is 5.67. The molecule has 0 radical (unpaired) electrons. The van der Waals surface area contributed by atoms with Crippen LogP contribution in [0.1, 0.15) is 49.0 Å². The van der Waals surface area contributed by atoms with Crippen molar-refractivity contribution in [3.05, 3.63) is 47.5 Å². The molecular weight excluding hydrogens is 271 g/mol. The van der Waals surface area contributed by atoms with Crippen molar-refractivity contribution in [3.63, 3.8) is 0 Å². The lowest BCUT2D eigenvalue weighted by molar-refractivity contribution is 0.0692. The highest BCUT2D eigenvalue weighted by molar-refractivity contribution is 5.87. The molecule has 1 unspecified atom stereocenters. The van der Waals surface area contributed by atoms with Crippen LogP contribution in [0.4, 0.5) is 4.39 Å². The third-order valence-corrected chi connectivity index (χ3v) is 3.44. The highest BCUT2D eigenvalue weighted by Crippen LogP contribution is 2.28. The van der Waals surface area contributed by atoms with Crippen LogP contribution in [0.2, 0.25) is 0 Å². The van der Waals surface area contributed by atoms with Gasteiger partial charge in [0.25, 0.3) is 0 Å². The normalized spacial score (nSPS) is 12.6.